The summed E-state index contributed by atoms with van der Waals surface area (Å²) in [6, 6.07) is 15.3. The Kier molecular flexibility index (Phi) is 3.40. The standard InChI is InChI=1S/C14H9Cl3N2/c15-10-6-7-12-11(8-10)13(19(17)14(16)18-12)9-4-2-1-3-5-9/h1-8,14H. The molecule has 2 aromatic rings. The predicted molar refractivity (Wildman–Crippen MR) is 78.5 cm³/mol. The number of hydrogen-bond donors (Lipinski definition) is 0. The number of rotatable bonds is 1. The molecule has 3 rings (SSSR count). The molecule has 0 aromatic heterocycles. The van der Waals surface area contributed by atoms with Crippen molar-refractivity contribution in [3.8, 4) is 0 Å². The van der Waals surface area contributed by atoms with Crippen LogP contribution < -0.4 is 10.6 Å². The van der Waals surface area contributed by atoms with Crippen molar-refractivity contribution in [2.75, 3.05) is 0 Å². The van der Waals surface area contributed by atoms with Gasteiger partial charge in [0.25, 0.3) is 0 Å². The zero-order chi connectivity index (χ0) is 13.4. The van der Waals surface area contributed by atoms with E-state index in [1.54, 1.807) is 6.07 Å². The predicted octanol–water partition coefficient (Wildman–Crippen LogP) is 3.11. The summed E-state index contributed by atoms with van der Waals surface area (Å²) in [4.78, 5) is 4.32. The molecule has 0 fully saturated rings. The molecule has 1 atom stereocenters. The van der Waals surface area contributed by atoms with Crippen LogP contribution in [0.3, 0.4) is 0 Å². The Morgan fingerprint density at radius 2 is 1.79 bits per heavy atom. The normalized spacial score (nSPS) is 17.9. The first-order chi connectivity index (χ1) is 9.16. The summed E-state index contributed by atoms with van der Waals surface area (Å²) in [6.07, 6.45) is 0. The zero-order valence-corrected chi connectivity index (χ0v) is 12.0. The van der Waals surface area contributed by atoms with Gasteiger partial charge in [0, 0.05) is 22.0 Å². The lowest BCUT2D eigenvalue weighted by Crippen LogP contribution is -2.40. The van der Waals surface area contributed by atoms with Gasteiger partial charge in [-0.2, -0.15) is 0 Å². The van der Waals surface area contributed by atoms with Gasteiger partial charge in [-0.3, -0.25) is 0 Å². The van der Waals surface area contributed by atoms with E-state index >= 15 is 0 Å². The van der Waals surface area contributed by atoms with Gasteiger partial charge in [0.15, 0.2) is 0 Å². The lowest BCUT2D eigenvalue weighted by atomic mass is 10.1. The largest absolute Gasteiger partial charge is 0.246 e. The number of alkyl halides is 1. The molecule has 0 bridgehead atoms. The molecule has 0 N–H and O–H groups in total. The van der Waals surface area contributed by atoms with Crippen molar-refractivity contribution in [2.45, 2.75) is 5.62 Å². The molecule has 0 saturated carbocycles. The minimum Gasteiger partial charge on any atom is -0.246 e. The minimum atomic E-state index is -0.634. The number of hydrogen-bond acceptors (Lipinski definition) is 2. The van der Waals surface area contributed by atoms with Crippen molar-refractivity contribution < 1.29 is 0 Å². The summed E-state index contributed by atoms with van der Waals surface area (Å²) in [6.45, 7) is 0. The number of nitrogens with zero attached hydrogens (tertiary/aromatic N) is 2. The number of fused-ring (bicyclic) bond motifs is 1. The van der Waals surface area contributed by atoms with E-state index in [0.29, 0.717) is 5.02 Å². The maximum Gasteiger partial charge on any atom is 0.212 e. The Bertz CT molecular complexity index is 728. The fraction of sp³-hybridized carbons (Fsp3) is 0.0714. The Morgan fingerprint density at radius 3 is 2.53 bits per heavy atom. The van der Waals surface area contributed by atoms with Crippen LogP contribution in [0.1, 0.15) is 5.56 Å². The van der Waals surface area contributed by atoms with Crippen molar-refractivity contribution >= 4 is 40.7 Å². The van der Waals surface area contributed by atoms with Gasteiger partial charge < -0.3 is 0 Å². The molecule has 96 valence electrons. The van der Waals surface area contributed by atoms with Crippen molar-refractivity contribution in [3.05, 3.63) is 69.7 Å². The van der Waals surface area contributed by atoms with Gasteiger partial charge in [0.2, 0.25) is 5.62 Å². The highest BCUT2D eigenvalue weighted by atomic mass is 35.5. The highest BCUT2D eigenvalue weighted by Gasteiger charge is 2.22. The molecular weight excluding hydrogens is 303 g/mol. The lowest BCUT2D eigenvalue weighted by Gasteiger charge is -2.25. The Labute approximate surface area is 125 Å². The van der Waals surface area contributed by atoms with E-state index < -0.39 is 5.62 Å². The minimum absolute atomic E-state index is 0.634. The van der Waals surface area contributed by atoms with Crippen LogP contribution in [0.15, 0.2) is 53.5 Å². The average molecular weight is 312 g/mol. The summed E-state index contributed by atoms with van der Waals surface area (Å²) < 4.78 is 1.43. The molecule has 1 aliphatic rings. The molecule has 2 aromatic carbocycles. The molecule has 0 radical (unpaired) electrons. The van der Waals surface area contributed by atoms with Gasteiger partial charge >= 0.3 is 0 Å². The van der Waals surface area contributed by atoms with E-state index in [9.17, 15) is 0 Å². The fourth-order valence-electron chi connectivity index (χ4n) is 2.07. The molecule has 1 unspecified atom stereocenters. The number of halogens is 3. The van der Waals surface area contributed by atoms with E-state index in [1.165, 1.54) is 4.42 Å². The Balaban J connectivity index is 2.40. The van der Waals surface area contributed by atoms with Gasteiger partial charge in [-0.05, 0) is 23.8 Å². The van der Waals surface area contributed by atoms with Crippen LogP contribution in [0.5, 0.6) is 0 Å². The van der Waals surface area contributed by atoms with Gasteiger partial charge in [-0.15, -0.1) is 0 Å². The highest BCUT2D eigenvalue weighted by molar-refractivity contribution is 6.30. The monoisotopic (exact) mass is 310 g/mol. The molecule has 2 nitrogen and oxygen atoms in total. The topological polar surface area (TPSA) is 15.6 Å². The number of benzene rings is 2. The van der Waals surface area contributed by atoms with Crippen LogP contribution in [0.25, 0.3) is 5.70 Å². The third kappa shape index (κ3) is 2.32. The zero-order valence-electron chi connectivity index (χ0n) is 9.72. The first-order valence-electron chi connectivity index (χ1n) is 5.69. The fourth-order valence-corrected chi connectivity index (χ4v) is 2.68. The van der Waals surface area contributed by atoms with Crippen LogP contribution in [-0.4, -0.2) is 10.0 Å². The van der Waals surface area contributed by atoms with Crippen LogP contribution in [-0.2, 0) is 0 Å². The van der Waals surface area contributed by atoms with Crippen LogP contribution in [0.4, 0.5) is 0 Å². The first-order valence-corrected chi connectivity index (χ1v) is 6.84. The smallest absolute Gasteiger partial charge is 0.212 e. The van der Waals surface area contributed by atoms with Crippen molar-refractivity contribution in [2.24, 2.45) is 4.99 Å². The molecule has 0 amide bonds. The first kappa shape index (κ1) is 12.8. The van der Waals surface area contributed by atoms with E-state index in [4.69, 9.17) is 35.0 Å². The molecule has 1 aliphatic heterocycles. The van der Waals surface area contributed by atoms with Crippen LogP contribution >= 0.6 is 35.0 Å². The SMILES string of the molecule is Clc1ccc2c(c1)=C(c1ccccc1)N(Cl)C(Cl)N=2. The van der Waals surface area contributed by atoms with E-state index in [0.717, 1.165) is 21.8 Å². The van der Waals surface area contributed by atoms with E-state index in [2.05, 4.69) is 4.99 Å². The summed E-state index contributed by atoms with van der Waals surface area (Å²) in [5.41, 5.74) is 1.15. The van der Waals surface area contributed by atoms with Gasteiger partial charge in [-0.25, -0.2) is 9.41 Å². The molecule has 1 heterocycles. The highest BCUT2D eigenvalue weighted by Crippen LogP contribution is 2.25. The summed E-state index contributed by atoms with van der Waals surface area (Å²) >= 11 is 18.5. The molecule has 19 heavy (non-hydrogen) atoms. The molecule has 0 spiro atoms. The maximum atomic E-state index is 6.28. The van der Waals surface area contributed by atoms with Crippen LogP contribution in [0.2, 0.25) is 5.02 Å². The van der Waals surface area contributed by atoms with Gasteiger partial charge in [0.05, 0.1) is 11.1 Å². The molecule has 0 saturated heterocycles. The quantitative estimate of drug-likeness (QED) is 0.449. The third-order valence-electron chi connectivity index (χ3n) is 2.91. The summed E-state index contributed by atoms with van der Waals surface area (Å²) in [5.74, 6) is 0. The maximum absolute atomic E-state index is 6.28. The summed E-state index contributed by atoms with van der Waals surface area (Å²) in [5, 5.41) is 2.31. The van der Waals surface area contributed by atoms with Gasteiger partial charge in [0.1, 0.15) is 0 Å². The Hall–Kier alpha value is -1.22. The van der Waals surface area contributed by atoms with E-state index in [-0.39, 0.29) is 0 Å². The average Bonchev–Trinajstić information content (AvgIpc) is 2.42. The summed E-state index contributed by atoms with van der Waals surface area (Å²) in [7, 11) is 0. The second-order valence-corrected chi connectivity index (χ2v) is 5.32. The molecular formula is C14H9Cl3N2. The van der Waals surface area contributed by atoms with Crippen molar-refractivity contribution in [1.82, 2.24) is 4.42 Å². The van der Waals surface area contributed by atoms with Gasteiger partial charge in [-0.1, -0.05) is 53.5 Å². The Morgan fingerprint density at radius 1 is 1.05 bits per heavy atom. The second-order valence-electron chi connectivity index (χ2n) is 4.13. The third-order valence-corrected chi connectivity index (χ3v) is 3.89. The molecule has 0 aliphatic carbocycles. The van der Waals surface area contributed by atoms with Crippen molar-refractivity contribution in [1.29, 1.82) is 0 Å². The lowest BCUT2D eigenvalue weighted by molar-refractivity contribution is 0.564. The second kappa shape index (κ2) is 5.04. The molecule has 5 heteroatoms. The van der Waals surface area contributed by atoms with Crippen LogP contribution in [0, 0.1) is 0 Å². The van der Waals surface area contributed by atoms with Crippen molar-refractivity contribution in [3.63, 3.8) is 0 Å². The van der Waals surface area contributed by atoms with E-state index in [1.807, 2.05) is 42.5 Å².